The summed E-state index contributed by atoms with van der Waals surface area (Å²) in [5.41, 5.74) is 1.91. The van der Waals surface area contributed by atoms with Crippen molar-refractivity contribution in [1.82, 2.24) is 10.2 Å². The van der Waals surface area contributed by atoms with E-state index in [0.717, 1.165) is 11.3 Å². The molecule has 0 aliphatic carbocycles. The van der Waals surface area contributed by atoms with E-state index in [4.69, 9.17) is 4.74 Å². The molecule has 1 saturated heterocycles. The molecule has 0 aromatic heterocycles. The lowest BCUT2D eigenvalue weighted by Gasteiger charge is -2.28. The Kier molecular flexibility index (Phi) is 10.0. The first-order valence-electron chi connectivity index (χ1n) is 12.6. The van der Waals surface area contributed by atoms with E-state index in [2.05, 4.69) is 10.6 Å². The average molecular weight is 544 g/mol. The number of aliphatic hydroxyl groups is 1. The summed E-state index contributed by atoms with van der Waals surface area (Å²) in [5, 5.41) is 25.7. The summed E-state index contributed by atoms with van der Waals surface area (Å²) in [4.78, 5) is 39.1. The Morgan fingerprint density at radius 3 is 2.50 bits per heavy atom. The molecule has 1 fully saturated rings. The van der Waals surface area contributed by atoms with E-state index in [1.54, 1.807) is 37.8 Å². The van der Waals surface area contributed by atoms with Gasteiger partial charge < -0.3 is 30.5 Å². The number of anilines is 1. The number of amides is 2. The molecule has 4 N–H and O–H groups in total. The molecule has 10 heteroatoms. The number of nitrogens with zero attached hydrogens (tertiary/aromatic N) is 1. The van der Waals surface area contributed by atoms with E-state index in [0.29, 0.717) is 36.3 Å². The highest BCUT2D eigenvalue weighted by Gasteiger charge is 2.36. The van der Waals surface area contributed by atoms with Crippen LogP contribution in [0.4, 0.5) is 10.5 Å². The van der Waals surface area contributed by atoms with Gasteiger partial charge in [-0.2, -0.15) is 11.8 Å². The van der Waals surface area contributed by atoms with Crippen molar-refractivity contribution in [1.29, 1.82) is 0 Å². The summed E-state index contributed by atoms with van der Waals surface area (Å²) in [6.45, 7) is 5.99. The van der Waals surface area contributed by atoms with Crippen molar-refractivity contribution in [2.45, 2.75) is 57.4 Å². The first-order chi connectivity index (χ1) is 18.0. The normalized spacial score (nSPS) is 18.1. The van der Waals surface area contributed by atoms with Crippen LogP contribution in [0.1, 0.15) is 44.0 Å². The van der Waals surface area contributed by atoms with Crippen molar-refractivity contribution in [3.05, 3.63) is 54.1 Å². The molecule has 0 bridgehead atoms. The van der Waals surface area contributed by atoms with Crippen LogP contribution in [0, 0.1) is 0 Å². The minimum atomic E-state index is -1.07. The summed E-state index contributed by atoms with van der Waals surface area (Å²) >= 11 is 1.52. The van der Waals surface area contributed by atoms with E-state index >= 15 is 0 Å². The highest BCUT2D eigenvalue weighted by molar-refractivity contribution is 7.98. The number of likely N-dealkylation sites (tertiary alicyclic amines) is 1. The number of aliphatic carboxylic acids is 1. The fraction of sp³-hybridized carbons (Fsp3) is 0.464. The number of hydrogen-bond donors (Lipinski definition) is 4. The number of hydrogen-bond acceptors (Lipinski definition) is 7. The molecule has 1 heterocycles. The summed E-state index contributed by atoms with van der Waals surface area (Å²) in [6, 6.07) is 13.4. The van der Waals surface area contributed by atoms with Crippen LogP contribution in [0.15, 0.2) is 48.5 Å². The highest BCUT2D eigenvalue weighted by atomic mass is 32.2. The molecule has 9 nitrogen and oxygen atoms in total. The van der Waals surface area contributed by atoms with Crippen LogP contribution in [0.2, 0.25) is 0 Å². The van der Waals surface area contributed by atoms with Crippen molar-refractivity contribution in [2.24, 2.45) is 0 Å². The minimum Gasteiger partial charge on any atom is -0.480 e. The van der Waals surface area contributed by atoms with E-state index in [1.807, 2.05) is 42.7 Å². The Bertz CT molecular complexity index is 1120. The number of carbonyl (C=O) groups is 3. The molecule has 3 rings (SSSR count). The fourth-order valence-corrected chi connectivity index (χ4v) is 4.77. The number of carboxylic acids is 1. The average Bonchev–Trinajstić information content (AvgIpc) is 3.25. The van der Waals surface area contributed by atoms with Gasteiger partial charge in [0.1, 0.15) is 11.6 Å². The van der Waals surface area contributed by atoms with Gasteiger partial charge in [-0.05, 0) is 74.9 Å². The van der Waals surface area contributed by atoms with Gasteiger partial charge in [0, 0.05) is 17.8 Å². The Morgan fingerprint density at radius 1 is 1.16 bits per heavy atom. The number of ether oxygens (including phenoxy) is 1. The van der Waals surface area contributed by atoms with Crippen LogP contribution < -0.4 is 10.6 Å². The molecule has 0 saturated carbocycles. The summed E-state index contributed by atoms with van der Waals surface area (Å²) in [5.74, 6) is -0.916. The molecule has 0 spiro atoms. The second-order valence-corrected chi connectivity index (χ2v) is 11.3. The predicted molar refractivity (Wildman–Crippen MR) is 150 cm³/mol. The molecule has 2 aromatic carbocycles. The molecule has 3 atom stereocenters. The second kappa shape index (κ2) is 13.0. The Morgan fingerprint density at radius 2 is 1.87 bits per heavy atom. The predicted octanol–water partition coefficient (Wildman–Crippen LogP) is 4.07. The lowest BCUT2D eigenvalue weighted by Crippen LogP contribution is -2.42. The summed E-state index contributed by atoms with van der Waals surface area (Å²) < 4.78 is 5.50. The fourth-order valence-electron chi connectivity index (χ4n) is 4.30. The summed E-state index contributed by atoms with van der Waals surface area (Å²) in [6.07, 6.45) is 1.54. The van der Waals surface area contributed by atoms with Crippen LogP contribution in [-0.4, -0.2) is 82.0 Å². The molecule has 1 unspecified atom stereocenters. The largest absolute Gasteiger partial charge is 0.480 e. The van der Waals surface area contributed by atoms with Crippen molar-refractivity contribution in [2.75, 3.05) is 30.4 Å². The number of aliphatic hydroxyl groups excluding tert-OH is 1. The lowest BCUT2D eigenvalue weighted by molar-refractivity contribution is -0.139. The third-order valence-electron chi connectivity index (χ3n) is 6.13. The van der Waals surface area contributed by atoms with Crippen LogP contribution >= 0.6 is 11.8 Å². The van der Waals surface area contributed by atoms with E-state index in [9.17, 15) is 24.6 Å². The Hall–Kier alpha value is -3.24. The van der Waals surface area contributed by atoms with Crippen LogP contribution in [0.3, 0.4) is 0 Å². The van der Waals surface area contributed by atoms with E-state index in [1.165, 1.54) is 11.8 Å². The number of β-amino-alcohol motifs (C(OH)–C–C–N with tert-alkyl or cyclic N) is 1. The van der Waals surface area contributed by atoms with Crippen molar-refractivity contribution in [3.8, 4) is 11.1 Å². The van der Waals surface area contributed by atoms with Gasteiger partial charge in [0.2, 0.25) is 0 Å². The first-order valence-corrected chi connectivity index (χ1v) is 14.0. The van der Waals surface area contributed by atoms with Gasteiger partial charge in [0.15, 0.2) is 0 Å². The molecule has 38 heavy (non-hydrogen) atoms. The smallest absolute Gasteiger partial charge is 0.410 e. The van der Waals surface area contributed by atoms with Gasteiger partial charge in [-0.3, -0.25) is 4.79 Å². The van der Waals surface area contributed by atoms with Gasteiger partial charge in [-0.15, -0.1) is 0 Å². The maximum Gasteiger partial charge on any atom is 0.410 e. The molecule has 206 valence electrons. The van der Waals surface area contributed by atoms with Gasteiger partial charge in [-0.25, -0.2) is 9.59 Å². The maximum absolute atomic E-state index is 13.2. The topological polar surface area (TPSA) is 128 Å². The molecular weight excluding hydrogens is 506 g/mol. The molecule has 1 aliphatic rings. The Balaban J connectivity index is 1.81. The lowest BCUT2D eigenvalue weighted by atomic mass is 9.98. The first kappa shape index (κ1) is 29.3. The van der Waals surface area contributed by atoms with Crippen LogP contribution in [0.5, 0.6) is 0 Å². The Labute approximate surface area is 227 Å². The van der Waals surface area contributed by atoms with Gasteiger partial charge in [0.05, 0.1) is 18.7 Å². The third kappa shape index (κ3) is 8.13. The zero-order valence-electron chi connectivity index (χ0n) is 22.3. The quantitative estimate of drug-likeness (QED) is 0.353. The highest BCUT2D eigenvalue weighted by Crippen LogP contribution is 2.28. The van der Waals surface area contributed by atoms with Crippen molar-refractivity contribution in [3.63, 3.8) is 0 Å². The van der Waals surface area contributed by atoms with Gasteiger partial charge >= 0.3 is 12.1 Å². The zero-order chi connectivity index (χ0) is 27.9. The summed E-state index contributed by atoms with van der Waals surface area (Å²) in [7, 11) is 0. The number of thioether (sulfide) groups is 1. The van der Waals surface area contributed by atoms with Crippen LogP contribution in [0.25, 0.3) is 11.1 Å². The van der Waals surface area contributed by atoms with E-state index in [-0.39, 0.29) is 12.6 Å². The van der Waals surface area contributed by atoms with Crippen LogP contribution in [-0.2, 0) is 9.53 Å². The van der Waals surface area contributed by atoms with Gasteiger partial charge in [0.25, 0.3) is 5.91 Å². The van der Waals surface area contributed by atoms with Crippen molar-refractivity contribution < 1.29 is 29.3 Å². The minimum absolute atomic E-state index is 0.205. The number of benzene rings is 2. The molecule has 0 radical (unpaired) electrons. The molecule has 1 aliphatic heterocycles. The maximum atomic E-state index is 13.2. The number of carboxylic acid groups (broad SMARTS) is 1. The number of rotatable bonds is 10. The zero-order valence-corrected chi connectivity index (χ0v) is 23.1. The number of nitrogens with one attached hydrogen (secondary N) is 2. The molecular formula is C28H37N3O6S. The van der Waals surface area contributed by atoms with Gasteiger partial charge in [-0.1, -0.05) is 30.3 Å². The van der Waals surface area contributed by atoms with E-state index < -0.39 is 35.7 Å². The molecule has 2 aromatic rings. The monoisotopic (exact) mass is 543 g/mol. The standard InChI is InChI=1S/C28H37N3O6S/c1-28(2,3)37-27(36)31-17-21(32)15-20(31)16-29-19-10-11-22(23(14-19)18-8-6-5-7-9-18)25(33)30-24(26(34)35)12-13-38-4/h5-11,14,20-21,24,29,32H,12-13,15-17H2,1-4H3,(H,30,33)(H,34,35)/t20-,21+,24?/m0/s1. The molecule has 2 amide bonds. The number of carbonyl (C=O) groups excluding carboxylic acids is 2. The second-order valence-electron chi connectivity index (χ2n) is 10.3. The third-order valence-corrected chi connectivity index (χ3v) is 6.77. The SMILES string of the molecule is CSCCC(NC(=O)c1ccc(NC[C@@H]2C[C@@H](O)CN2C(=O)OC(C)(C)C)cc1-c1ccccc1)C(=O)O. The van der Waals surface area contributed by atoms with Crippen molar-refractivity contribution >= 4 is 35.4 Å².